The van der Waals surface area contributed by atoms with E-state index < -0.39 is 0 Å². The fourth-order valence-corrected chi connectivity index (χ4v) is 5.00. The van der Waals surface area contributed by atoms with E-state index in [1.54, 1.807) is 0 Å². The molecule has 3 aliphatic heterocycles. The van der Waals surface area contributed by atoms with Crippen molar-refractivity contribution in [2.24, 2.45) is 0 Å². The summed E-state index contributed by atoms with van der Waals surface area (Å²) in [6.45, 7) is 4.96. The number of H-pyrrole nitrogens is 1. The zero-order valence-corrected chi connectivity index (χ0v) is 17.4. The third-order valence-corrected chi connectivity index (χ3v) is 6.55. The van der Waals surface area contributed by atoms with Crippen LogP contribution in [0.5, 0.6) is 0 Å². The van der Waals surface area contributed by atoms with Gasteiger partial charge >= 0.3 is 0 Å². The maximum absolute atomic E-state index is 8.94. The van der Waals surface area contributed by atoms with Crippen LogP contribution in [0.25, 0.3) is 0 Å². The van der Waals surface area contributed by atoms with E-state index in [1.807, 2.05) is 19.1 Å². The van der Waals surface area contributed by atoms with Crippen LogP contribution in [-0.2, 0) is 0 Å². The van der Waals surface area contributed by atoms with Crippen molar-refractivity contribution in [1.82, 2.24) is 25.1 Å². The number of hydrogen-bond acceptors (Lipinski definition) is 8. The fraction of sp³-hybridized carbons (Fsp3) is 0.619. The summed E-state index contributed by atoms with van der Waals surface area (Å²) >= 11 is 0. The molecule has 3 saturated heterocycles. The van der Waals surface area contributed by atoms with Crippen molar-refractivity contribution in [2.75, 3.05) is 35.2 Å². The van der Waals surface area contributed by atoms with E-state index in [9.17, 15) is 0 Å². The van der Waals surface area contributed by atoms with Gasteiger partial charge in [0.25, 0.3) is 0 Å². The number of aryl methyl sites for hydroxylation is 1. The van der Waals surface area contributed by atoms with Crippen molar-refractivity contribution in [2.45, 2.75) is 63.6 Å². The summed E-state index contributed by atoms with van der Waals surface area (Å²) in [5.74, 6) is 3.16. The third-order valence-electron chi connectivity index (χ3n) is 6.55. The summed E-state index contributed by atoms with van der Waals surface area (Å²) in [5.41, 5.74) is 1.01. The maximum atomic E-state index is 8.94. The van der Waals surface area contributed by atoms with Gasteiger partial charge in [-0.3, -0.25) is 10.00 Å². The Kier molecular flexibility index (Phi) is 5.17. The lowest BCUT2D eigenvalue weighted by molar-refractivity contribution is 0.135. The van der Waals surface area contributed by atoms with Gasteiger partial charge in [-0.05, 0) is 39.0 Å². The van der Waals surface area contributed by atoms with Crippen LogP contribution in [0.1, 0.15) is 44.2 Å². The van der Waals surface area contributed by atoms with Crippen LogP contribution in [0.2, 0.25) is 0 Å². The number of nitrogens with one attached hydrogen (secondary N) is 3. The molecule has 0 aliphatic carbocycles. The molecule has 158 valence electrons. The molecule has 9 nitrogen and oxygen atoms in total. The van der Waals surface area contributed by atoms with Crippen LogP contribution in [0.3, 0.4) is 0 Å². The highest BCUT2D eigenvalue weighted by molar-refractivity contribution is 5.60. The molecule has 0 saturated carbocycles. The minimum Gasteiger partial charge on any atom is -0.356 e. The molecular formula is C21H29N9. The molecule has 0 amide bonds. The maximum Gasteiger partial charge on any atom is 0.226 e. The normalized spacial score (nSPS) is 25.6. The summed E-state index contributed by atoms with van der Waals surface area (Å²) in [7, 11) is 0. The van der Waals surface area contributed by atoms with Crippen LogP contribution in [0.15, 0.2) is 12.1 Å². The highest BCUT2D eigenvalue weighted by Crippen LogP contribution is 2.37. The number of aromatic nitrogens is 4. The standard InChI is InChI=1S/C21H29N9/c1-14-10-19(28-27-14)24-18-13-20(29-7-3-8-29)26-21(25-18)23-15-11-16-4-5-17(12-15)30(16)9-2-6-22/h10,13,15-17H,2-5,7-9,11-12H2,1H3,(H3,23,24,25,26,27,28)/t15?,16-,17+. The van der Waals surface area contributed by atoms with Gasteiger partial charge in [-0.25, -0.2) is 0 Å². The number of aromatic amines is 1. The summed E-state index contributed by atoms with van der Waals surface area (Å²) in [6.07, 6.45) is 6.45. The van der Waals surface area contributed by atoms with E-state index in [-0.39, 0.29) is 0 Å². The van der Waals surface area contributed by atoms with Crippen LogP contribution in [0.4, 0.5) is 23.4 Å². The van der Waals surface area contributed by atoms with Crippen LogP contribution in [0, 0.1) is 18.3 Å². The van der Waals surface area contributed by atoms with Gasteiger partial charge in [-0.2, -0.15) is 20.3 Å². The monoisotopic (exact) mass is 407 g/mol. The predicted molar refractivity (Wildman–Crippen MR) is 116 cm³/mol. The van der Waals surface area contributed by atoms with Gasteiger partial charge in [0.1, 0.15) is 11.6 Å². The molecule has 2 aromatic heterocycles. The SMILES string of the molecule is Cc1cc(Nc2cc(N3CCC3)nc(NC3C[C@H]4CC[C@@H](C3)N4CCC#N)n2)n[nH]1. The van der Waals surface area contributed by atoms with Crippen LogP contribution in [-0.4, -0.2) is 62.8 Å². The summed E-state index contributed by atoms with van der Waals surface area (Å²) in [6, 6.07) is 7.77. The molecule has 1 unspecified atom stereocenters. The largest absolute Gasteiger partial charge is 0.356 e. The molecule has 2 bridgehead atoms. The van der Waals surface area contributed by atoms with Gasteiger partial charge in [0.15, 0.2) is 5.82 Å². The molecule has 0 radical (unpaired) electrons. The lowest BCUT2D eigenvalue weighted by Crippen LogP contribution is -2.47. The molecule has 9 heteroatoms. The van der Waals surface area contributed by atoms with Gasteiger partial charge in [0.05, 0.1) is 6.07 Å². The number of rotatable bonds is 7. The highest BCUT2D eigenvalue weighted by Gasteiger charge is 2.40. The lowest BCUT2D eigenvalue weighted by atomic mass is 9.97. The highest BCUT2D eigenvalue weighted by atomic mass is 15.3. The molecule has 2 aromatic rings. The number of fused-ring (bicyclic) bond motifs is 2. The minimum atomic E-state index is 0.368. The van der Waals surface area contributed by atoms with Crippen molar-refractivity contribution >= 4 is 23.4 Å². The molecule has 30 heavy (non-hydrogen) atoms. The van der Waals surface area contributed by atoms with Gasteiger partial charge in [0, 0.05) is 62.0 Å². The molecular weight excluding hydrogens is 378 g/mol. The second-order valence-electron chi connectivity index (χ2n) is 8.68. The first-order valence-electron chi connectivity index (χ1n) is 11.0. The predicted octanol–water partition coefficient (Wildman–Crippen LogP) is 2.78. The molecule has 3 fully saturated rings. The van der Waals surface area contributed by atoms with Crippen molar-refractivity contribution < 1.29 is 0 Å². The first-order valence-corrected chi connectivity index (χ1v) is 11.0. The van der Waals surface area contributed by atoms with Crippen molar-refractivity contribution in [1.29, 1.82) is 5.26 Å². The van der Waals surface area contributed by atoms with Crippen molar-refractivity contribution in [3.05, 3.63) is 17.8 Å². The number of piperidine rings is 1. The second-order valence-corrected chi connectivity index (χ2v) is 8.68. The van der Waals surface area contributed by atoms with E-state index in [0.717, 1.165) is 55.6 Å². The lowest BCUT2D eigenvalue weighted by Gasteiger charge is -2.39. The Morgan fingerprint density at radius 3 is 2.60 bits per heavy atom. The topological polar surface area (TPSA) is 109 Å². The summed E-state index contributed by atoms with van der Waals surface area (Å²) < 4.78 is 0. The van der Waals surface area contributed by atoms with Crippen LogP contribution < -0.4 is 15.5 Å². The average Bonchev–Trinajstić information content (AvgIpc) is 3.18. The number of nitriles is 1. The molecule has 3 atom stereocenters. The zero-order chi connectivity index (χ0) is 20.5. The number of hydrogen-bond donors (Lipinski definition) is 3. The first-order chi connectivity index (χ1) is 14.7. The molecule has 0 spiro atoms. The average molecular weight is 408 g/mol. The second kappa shape index (κ2) is 8.11. The van der Waals surface area contributed by atoms with Gasteiger partial charge in [-0.1, -0.05) is 0 Å². The molecule has 3 aliphatic rings. The van der Waals surface area contributed by atoms with Gasteiger partial charge in [-0.15, -0.1) is 0 Å². The first kappa shape index (κ1) is 19.1. The summed E-state index contributed by atoms with van der Waals surface area (Å²) in [5, 5.41) is 23.1. The molecule has 5 rings (SSSR count). The van der Waals surface area contributed by atoms with Gasteiger partial charge < -0.3 is 15.5 Å². The van der Waals surface area contributed by atoms with Crippen LogP contribution >= 0.6 is 0 Å². The van der Waals surface area contributed by atoms with Crippen molar-refractivity contribution in [3.63, 3.8) is 0 Å². The molecule has 0 aromatic carbocycles. The van der Waals surface area contributed by atoms with E-state index in [4.69, 9.17) is 15.2 Å². The van der Waals surface area contributed by atoms with E-state index >= 15 is 0 Å². The Morgan fingerprint density at radius 1 is 1.17 bits per heavy atom. The van der Waals surface area contributed by atoms with E-state index in [2.05, 4.69) is 36.7 Å². The quantitative estimate of drug-likeness (QED) is 0.643. The summed E-state index contributed by atoms with van der Waals surface area (Å²) in [4.78, 5) is 14.4. The fourth-order valence-electron chi connectivity index (χ4n) is 5.00. The number of nitrogens with zero attached hydrogens (tertiary/aromatic N) is 6. The third kappa shape index (κ3) is 3.92. The smallest absolute Gasteiger partial charge is 0.226 e. The minimum absolute atomic E-state index is 0.368. The number of anilines is 4. The Morgan fingerprint density at radius 2 is 1.97 bits per heavy atom. The Hall–Kier alpha value is -2.86. The van der Waals surface area contributed by atoms with E-state index in [1.165, 1.54) is 19.3 Å². The Bertz CT molecular complexity index is 915. The van der Waals surface area contributed by atoms with Crippen molar-refractivity contribution in [3.8, 4) is 6.07 Å². The zero-order valence-electron chi connectivity index (χ0n) is 17.4. The van der Waals surface area contributed by atoms with E-state index in [0.29, 0.717) is 30.5 Å². The molecule has 3 N–H and O–H groups in total. The Labute approximate surface area is 176 Å². The molecule has 5 heterocycles. The van der Waals surface area contributed by atoms with Gasteiger partial charge in [0.2, 0.25) is 5.95 Å². The Balaban J connectivity index is 1.31.